The van der Waals surface area contributed by atoms with E-state index in [0.29, 0.717) is 12.0 Å². The van der Waals surface area contributed by atoms with Crippen LogP contribution in [-0.2, 0) is 0 Å². The van der Waals surface area contributed by atoms with Crippen molar-refractivity contribution in [2.45, 2.75) is 39.7 Å². The lowest BCUT2D eigenvalue weighted by atomic mass is 9.89. The Morgan fingerprint density at radius 3 is 2.56 bits per heavy atom. The maximum atomic E-state index is 13.0. The van der Waals surface area contributed by atoms with Gasteiger partial charge in [0.1, 0.15) is 5.82 Å². The molecule has 0 aliphatic heterocycles. The molecule has 0 radical (unpaired) electrons. The zero-order valence-electron chi connectivity index (χ0n) is 10.7. The summed E-state index contributed by atoms with van der Waals surface area (Å²) in [4.78, 5) is 0. The lowest BCUT2D eigenvalue weighted by Gasteiger charge is -2.25. The summed E-state index contributed by atoms with van der Waals surface area (Å²) in [6.45, 7) is 6.41. The Balaban J connectivity index is 2.94. The molecule has 0 aliphatic rings. The van der Waals surface area contributed by atoms with Crippen LogP contribution in [0, 0.1) is 18.7 Å². The summed E-state index contributed by atoms with van der Waals surface area (Å²) in [7, 11) is 1.97. The maximum absolute atomic E-state index is 13.0. The largest absolute Gasteiger partial charge is 0.313 e. The average Bonchev–Trinajstić information content (AvgIpc) is 2.22. The minimum atomic E-state index is -0.153. The van der Waals surface area contributed by atoms with Crippen molar-refractivity contribution in [3.63, 3.8) is 0 Å². The minimum Gasteiger partial charge on any atom is -0.313 e. The summed E-state index contributed by atoms with van der Waals surface area (Å²) < 4.78 is 13.0. The first-order chi connectivity index (χ1) is 7.60. The summed E-state index contributed by atoms with van der Waals surface area (Å²) in [5, 5.41) is 3.34. The minimum absolute atomic E-state index is 0.153. The van der Waals surface area contributed by atoms with Crippen molar-refractivity contribution in [2.24, 2.45) is 5.92 Å². The summed E-state index contributed by atoms with van der Waals surface area (Å²) in [6, 6.07) is 5.38. The molecule has 0 saturated carbocycles. The Morgan fingerprint density at radius 1 is 1.38 bits per heavy atom. The molecule has 0 saturated heterocycles. The van der Waals surface area contributed by atoms with Gasteiger partial charge in [-0.1, -0.05) is 26.3 Å². The highest BCUT2D eigenvalue weighted by Crippen LogP contribution is 2.27. The molecule has 0 fully saturated rings. The predicted molar refractivity (Wildman–Crippen MR) is 67.0 cm³/mol. The SMILES string of the molecule is CCCC(C)C(NC)c1ccc(F)cc1C. The zero-order chi connectivity index (χ0) is 12.1. The summed E-state index contributed by atoms with van der Waals surface area (Å²) in [6.07, 6.45) is 2.36. The fourth-order valence-electron chi connectivity index (χ4n) is 2.36. The van der Waals surface area contributed by atoms with Crippen LogP contribution in [0.1, 0.15) is 43.9 Å². The van der Waals surface area contributed by atoms with Gasteiger partial charge in [-0.15, -0.1) is 0 Å². The molecule has 2 atom stereocenters. The third-order valence-electron chi connectivity index (χ3n) is 3.19. The average molecular weight is 223 g/mol. The van der Waals surface area contributed by atoms with Crippen LogP contribution in [0.5, 0.6) is 0 Å². The molecular formula is C14H22FN. The van der Waals surface area contributed by atoms with Crippen molar-refractivity contribution in [1.29, 1.82) is 0 Å². The van der Waals surface area contributed by atoms with E-state index >= 15 is 0 Å². The standard InChI is InChI=1S/C14H22FN/c1-5-6-10(2)14(16-4)13-8-7-12(15)9-11(13)3/h7-10,14,16H,5-6H2,1-4H3. The van der Waals surface area contributed by atoms with Crippen LogP contribution in [0.3, 0.4) is 0 Å². The molecule has 90 valence electrons. The Labute approximate surface area is 98.1 Å². The molecule has 1 aromatic rings. The van der Waals surface area contributed by atoms with Crippen molar-refractivity contribution >= 4 is 0 Å². The maximum Gasteiger partial charge on any atom is 0.123 e. The van der Waals surface area contributed by atoms with E-state index in [9.17, 15) is 4.39 Å². The molecule has 1 nitrogen and oxygen atoms in total. The molecule has 2 unspecified atom stereocenters. The normalized spacial score (nSPS) is 14.8. The van der Waals surface area contributed by atoms with Gasteiger partial charge in [0.2, 0.25) is 0 Å². The summed E-state index contributed by atoms with van der Waals surface area (Å²) in [5.74, 6) is 0.415. The number of aryl methyl sites for hydroxylation is 1. The molecule has 2 heteroatoms. The predicted octanol–water partition coefficient (Wildman–Crippen LogP) is 3.83. The monoisotopic (exact) mass is 223 g/mol. The second kappa shape index (κ2) is 6.00. The first kappa shape index (κ1) is 13.2. The highest BCUT2D eigenvalue weighted by atomic mass is 19.1. The number of rotatable bonds is 5. The zero-order valence-corrected chi connectivity index (χ0v) is 10.7. The fraction of sp³-hybridized carbons (Fsp3) is 0.571. The van der Waals surface area contributed by atoms with Gasteiger partial charge in [0.15, 0.2) is 0 Å². The van der Waals surface area contributed by atoms with E-state index in [1.54, 1.807) is 12.1 Å². The number of benzene rings is 1. The molecule has 0 spiro atoms. The van der Waals surface area contributed by atoms with Crippen LogP contribution in [0.4, 0.5) is 4.39 Å². The molecule has 0 aromatic heterocycles. The summed E-state index contributed by atoms with van der Waals surface area (Å²) >= 11 is 0. The molecule has 1 N–H and O–H groups in total. The molecule has 0 heterocycles. The Morgan fingerprint density at radius 2 is 2.06 bits per heavy atom. The second-order valence-corrected chi connectivity index (χ2v) is 4.53. The number of hydrogen-bond acceptors (Lipinski definition) is 1. The van der Waals surface area contributed by atoms with Gasteiger partial charge in [-0.05, 0) is 49.6 Å². The molecule has 1 aromatic carbocycles. The van der Waals surface area contributed by atoms with E-state index in [0.717, 1.165) is 5.56 Å². The van der Waals surface area contributed by atoms with Gasteiger partial charge in [-0.2, -0.15) is 0 Å². The van der Waals surface area contributed by atoms with Crippen molar-refractivity contribution in [3.8, 4) is 0 Å². The van der Waals surface area contributed by atoms with E-state index < -0.39 is 0 Å². The lowest BCUT2D eigenvalue weighted by Crippen LogP contribution is -2.24. The van der Waals surface area contributed by atoms with Crippen LogP contribution in [-0.4, -0.2) is 7.05 Å². The van der Waals surface area contributed by atoms with Gasteiger partial charge >= 0.3 is 0 Å². The smallest absolute Gasteiger partial charge is 0.123 e. The van der Waals surface area contributed by atoms with Crippen LogP contribution >= 0.6 is 0 Å². The van der Waals surface area contributed by atoms with Crippen LogP contribution in [0.15, 0.2) is 18.2 Å². The first-order valence-electron chi connectivity index (χ1n) is 6.03. The molecule has 1 rings (SSSR count). The van der Waals surface area contributed by atoms with Gasteiger partial charge in [-0.3, -0.25) is 0 Å². The molecule has 16 heavy (non-hydrogen) atoms. The van der Waals surface area contributed by atoms with E-state index in [-0.39, 0.29) is 5.82 Å². The van der Waals surface area contributed by atoms with Gasteiger partial charge < -0.3 is 5.32 Å². The van der Waals surface area contributed by atoms with Crippen LogP contribution < -0.4 is 5.32 Å². The van der Waals surface area contributed by atoms with Crippen molar-refractivity contribution < 1.29 is 4.39 Å². The highest BCUT2D eigenvalue weighted by molar-refractivity contribution is 5.29. The lowest BCUT2D eigenvalue weighted by molar-refractivity contribution is 0.382. The number of halogens is 1. The van der Waals surface area contributed by atoms with E-state index in [4.69, 9.17) is 0 Å². The van der Waals surface area contributed by atoms with Crippen molar-refractivity contribution in [3.05, 3.63) is 35.1 Å². The molecular weight excluding hydrogens is 201 g/mol. The Kier molecular flexibility index (Phi) is 4.94. The summed E-state index contributed by atoms with van der Waals surface area (Å²) in [5.41, 5.74) is 2.24. The van der Waals surface area contributed by atoms with Gasteiger partial charge in [-0.25, -0.2) is 4.39 Å². The van der Waals surface area contributed by atoms with E-state index in [2.05, 4.69) is 19.2 Å². The van der Waals surface area contributed by atoms with E-state index in [1.807, 2.05) is 20.0 Å². The topological polar surface area (TPSA) is 12.0 Å². The Bertz CT molecular complexity index is 336. The number of nitrogens with one attached hydrogen (secondary N) is 1. The van der Waals surface area contributed by atoms with Gasteiger partial charge in [0.05, 0.1) is 0 Å². The highest BCUT2D eigenvalue weighted by Gasteiger charge is 2.18. The van der Waals surface area contributed by atoms with E-state index in [1.165, 1.54) is 18.4 Å². The third kappa shape index (κ3) is 3.05. The van der Waals surface area contributed by atoms with Gasteiger partial charge in [0, 0.05) is 6.04 Å². The Hall–Kier alpha value is -0.890. The molecule has 0 bridgehead atoms. The number of hydrogen-bond donors (Lipinski definition) is 1. The first-order valence-corrected chi connectivity index (χ1v) is 6.03. The molecule has 0 aliphatic carbocycles. The van der Waals surface area contributed by atoms with Crippen LogP contribution in [0.2, 0.25) is 0 Å². The van der Waals surface area contributed by atoms with Gasteiger partial charge in [0.25, 0.3) is 0 Å². The third-order valence-corrected chi connectivity index (χ3v) is 3.19. The van der Waals surface area contributed by atoms with Crippen LogP contribution in [0.25, 0.3) is 0 Å². The molecule has 0 amide bonds. The second-order valence-electron chi connectivity index (χ2n) is 4.53. The van der Waals surface area contributed by atoms with Crippen molar-refractivity contribution in [2.75, 3.05) is 7.05 Å². The fourth-order valence-corrected chi connectivity index (χ4v) is 2.36. The van der Waals surface area contributed by atoms with Crippen molar-refractivity contribution in [1.82, 2.24) is 5.32 Å². The quantitative estimate of drug-likeness (QED) is 0.800.